The number of amides is 1. The maximum Gasteiger partial charge on any atom is 0.341 e. The SMILES string of the molecule is CCCOC(=O)c1c(NC(=O)c2ccc(C)c([N+](=O)[O-])c2)sc2c1CCCC2. The monoisotopic (exact) mass is 402 g/mol. The molecule has 0 spiro atoms. The molecule has 0 saturated carbocycles. The predicted molar refractivity (Wildman–Crippen MR) is 107 cm³/mol. The lowest BCUT2D eigenvalue weighted by atomic mass is 9.95. The van der Waals surface area contributed by atoms with E-state index in [1.807, 2.05) is 6.92 Å². The van der Waals surface area contributed by atoms with Crippen molar-refractivity contribution >= 4 is 33.9 Å². The van der Waals surface area contributed by atoms with Crippen LogP contribution in [0.3, 0.4) is 0 Å². The number of benzene rings is 1. The van der Waals surface area contributed by atoms with Crippen LogP contribution >= 0.6 is 11.3 Å². The van der Waals surface area contributed by atoms with Gasteiger partial charge in [-0.05, 0) is 50.7 Å². The minimum absolute atomic E-state index is 0.110. The first-order valence-corrected chi connectivity index (χ1v) is 10.1. The third kappa shape index (κ3) is 4.06. The number of fused-ring (bicyclic) bond motifs is 1. The summed E-state index contributed by atoms with van der Waals surface area (Å²) in [6, 6.07) is 4.34. The van der Waals surface area contributed by atoms with Crippen molar-refractivity contribution in [3.63, 3.8) is 0 Å². The molecule has 0 atom stereocenters. The Kier molecular flexibility index (Phi) is 6.08. The van der Waals surface area contributed by atoms with Crippen LogP contribution in [0, 0.1) is 17.0 Å². The number of thiophene rings is 1. The van der Waals surface area contributed by atoms with Crippen LogP contribution in [0.2, 0.25) is 0 Å². The zero-order valence-electron chi connectivity index (χ0n) is 15.9. The number of carbonyl (C=O) groups excluding carboxylic acids is 2. The molecule has 1 aliphatic carbocycles. The highest BCUT2D eigenvalue weighted by atomic mass is 32.1. The van der Waals surface area contributed by atoms with Gasteiger partial charge in [0, 0.05) is 22.1 Å². The van der Waals surface area contributed by atoms with E-state index in [1.165, 1.54) is 17.4 Å². The molecule has 28 heavy (non-hydrogen) atoms. The zero-order valence-corrected chi connectivity index (χ0v) is 16.7. The molecule has 0 fully saturated rings. The maximum atomic E-state index is 12.7. The van der Waals surface area contributed by atoms with Crippen LogP contribution in [0.1, 0.15) is 62.9 Å². The van der Waals surface area contributed by atoms with Gasteiger partial charge in [0.1, 0.15) is 5.00 Å². The molecule has 1 amide bonds. The molecule has 0 bridgehead atoms. The van der Waals surface area contributed by atoms with E-state index in [4.69, 9.17) is 4.74 Å². The second kappa shape index (κ2) is 8.52. The van der Waals surface area contributed by atoms with Gasteiger partial charge in [-0.1, -0.05) is 13.0 Å². The molecule has 1 aromatic carbocycles. The lowest BCUT2D eigenvalue weighted by Crippen LogP contribution is -2.16. The molecule has 8 heteroatoms. The lowest BCUT2D eigenvalue weighted by Gasteiger charge is -2.12. The summed E-state index contributed by atoms with van der Waals surface area (Å²) in [6.07, 6.45) is 4.42. The van der Waals surface area contributed by atoms with Gasteiger partial charge in [-0.2, -0.15) is 0 Å². The molecular formula is C20H22N2O5S. The Bertz CT molecular complexity index is 935. The van der Waals surface area contributed by atoms with Crippen molar-refractivity contribution in [2.75, 3.05) is 11.9 Å². The first-order valence-electron chi connectivity index (χ1n) is 9.30. The molecule has 0 unspecified atom stereocenters. The smallest absolute Gasteiger partial charge is 0.341 e. The van der Waals surface area contributed by atoms with Crippen LogP contribution in [-0.2, 0) is 17.6 Å². The van der Waals surface area contributed by atoms with E-state index in [0.717, 1.165) is 36.1 Å². The highest BCUT2D eigenvalue weighted by molar-refractivity contribution is 7.17. The standard InChI is InChI=1S/C20H22N2O5S/c1-3-10-27-20(24)17-14-6-4-5-7-16(14)28-19(17)21-18(23)13-9-8-12(2)15(11-13)22(25)26/h8-9,11H,3-7,10H2,1-2H3,(H,21,23). The average Bonchev–Trinajstić information content (AvgIpc) is 3.03. The molecule has 1 aliphatic rings. The van der Waals surface area contributed by atoms with E-state index in [9.17, 15) is 19.7 Å². The van der Waals surface area contributed by atoms with Gasteiger partial charge in [-0.3, -0.25) is 14.9 Å². The third-order valence-electron chi connectivity index (χ3n) is 4.71. The molecule has 3 rings (SSSR count). The number of hydrogen-bond acceptors (Lipinski definition) is 6. The number of aryl methyl sites for hydroxylation is 2. The molecule has 148 valence electrons. The van der Waals surface area contributed by atoms with E-state index in [0.29, 0.717) is 29.2 Å². The van der Waals surface area contributed by atoms with Gasteiger partial charge in [0.05, 0.1) is 17.1 Å². The summed E-state index contributed by atoms with van der Waals surface area (Å²) in [7, 11) is 0. The molecule has 2 aromatic rings. The van der Waals surface area contributed by atoms with Gasteiger partial charge in [-0.25, -0.2) is 4.79 Å². The molecule has 0 radical (unpaired) electrons. The van der Waals surface area contributed by atoms with Crippen molar-refractivity contribution in [2.45, 2.75) is 46.0 Å². The largest absolute Gasteiger partial charge is 0.462 e. The van der Waals surface area contributed by atoms with Crippen molar-refractivity contribution in [1.82, 2.24) is 0 Å². The minimum Gasteiger partial charge on any atom is -0.462 e. The Morgan fingerprint density at radius 2 is 2.04 bits per heavy atom. The molecule has 7 nitrogen and oxygen atoms in total. The van der Waals surface area contributed by atoms with Gasteiger partial charge >= 0.3 is 5.97 Å². The number of rotatable bonds is 6. The van der Waals surface area contributed by atoms with Crippen LogP contribution in [0.5, 0.6) is 0 Å². The predicted octanol–water partition coefficient (Wildman–Crippen LogP) is 4.66. The normalized spacial score (nSPS) is 12.9. The number of nitro groups is 1. The van der Waals surface area contributed by atoms with E-state index < -0.39 is 16.8 Å². The summed E-state index contributed by atoms with van der Waals surface area (Å²) in [5, 5.41) is 14.4. The number of carbonyl (C=O) groups is 2. The third-order valence-corrected chi connectivity index (χ3v) is 5.92. The average molecular weight is 402 g/mol. The van der Waals surface area contributed by atoms with Crippen molar-refractivity contribution in [3.8, 4) is 0 Å². The topological polar surface area (TPSA) is 98.5 Å². The molecular weight excluding hydrogens is 380 g/mol. The van der Waals surface area contributed by atoms with Crippen molar-refractivity contribution in [3.05, 3.63) is 55.4 Å². The Labute approximate surface area is 166 Å². The van der Waals surface area contributed by atoms with E-state index >= 15 is 0 Å². The Hall–Kier alpha value is -2.74. The Morgan fingerprint density at radius 3 is 2.75 bits per heavy atom. The summed E-state index contributed by atoms with van der Waals surface area (Å²) in [5.41, 5.74) is 1.94. The highest BCUT2D eigenvalue weighted by Crippen LogP contribution is 2.39. The van der Waals surface area contributed by atoms with Crippen LogP contribution in [-0.4, -0.2) is 23.4 Å². The highest BCUT2D eigenvalue weighted by Gasteiger charge is 2.28. The molecule has 1 aromatic heterocycles. The summed E-state index contributed by atoms with van der Waals surface area (Å²) >= 11 is 1.39. The number of nitrogens with zero attached hydrogens (tertiary/aromatic N) is 1. The van der Waals surface area contributed by atoms with Crippen molar-refractivity contribution < 1.29 is 19.2 Å². The van der Waals surface area contributed by atoms with Gasteiger partial charge in [0.25, 0.3) is 11.6 Å². The number of hydrogen-bond donors (Lipinski definition) is 1. The fraction of sp³-hybridized carbons (Fsp3) is 0.400. The summed E-state index contributed by atoms with van der Waals surface area (Å²) in [6.45, 7) is 3.86. The molecule has 1 N–H and O–H groups in total. The summed E-state index contributed by atoms with van der Waals surface area (Å²) in [4.78, 5) is 37.1. The van der Waals surface area contributed by atoms with Gasteiger partial charge in [0.15, 0.2) is 0 Å². The first kappa shape index (κ1) is 20.0. The van der Waals surface area contributed by atoms with Gasteiger partial charge in [0.2, 0.25) is 0 Å². The van der Waals surface area contributed by atoms with Crippen molar-refractivity contribution in [2.24, 2.45) is 0 Å². The number of nitro benzene ring substituents is 1. The Balaban J connectivity index is 1.92. The summed E-state index contributed by atoms with van der Waals surface area (Å²) in [5.74, 6) is -0.905. The van der Waals surface area contributed by atoms with E-state index in [1.54, 1.807) is 19.1 Å². The van der Waals surface area contributed by atoms with Crippen molar-refractivity contribution in [1.29, 1.82) is 0 Å². The number of esters is 1. The fourth-order valence-electron chi connectivity index (χ4n) is 3.26. The molecule has 0 aliphatic heterocycles. The lowest BCUT2D eigenvalue weighted by molar-refractivity contribution is -0.385. The van der Waals surface area contributed by atoms with Crippen LogP contribution < -0.4 is 5.32 Å². The summed E-state index contributed by atoms with van der Waals surface area (Å²) < 4.78 is 5.32. The first-order chi connectivity index (χ1) is 13.4. The Morgan fingerprint density at radius 1 is 1.29 bits per heavy atom. The number of anilines is 1. The number of nitrogens with one attached hydrogen (secondary N) is 1. The second-order valence-electron chi connectivity index (χ2n) is 6.76. The van der Waals surface area contributed by atoms with Crippen LogP contribution in [0.15, 0.2) is 18.2 Å². The maximum absolute atomic E-state index is 12.7. The quantitative estimate of drug-likeness (QED) is 0.430. The minimum atomic E-state index is -0.510. The van der Waals surface area contributed by atoms with Crippen LogP contribution in [0.25, 0.3) is 0 Å². The number of ether oxygens (including phenoxy) is 1. The molecule has 0 saturated heterocycles. The molecule has 1 heterocycles. The van der Waals surface area contributed by atoms with E-state index in [2.05, 4.69) is 5.32 Å². The zero-order chi connectivity index (χ0) is 20.3. The van der Waals surface area contributed by atoms with Gasteiger partial charge in [-0.15, -0.1) is 11.3 Å². The fourth-order valence-corrected chi connectivity index (χ4v) is 4.53. The van der Waals surface area contributed by atoms with Crippen LogP contribution in [0.4, 0.5) is 10.7 Å². The second-order valence-corrected chi connectivity index (χ2v) is 7.87. The van der Waals surface area contributed by atoms with E-state index in [-0.39, 0.29) is 11.3 Å². The van der Waals surface area contributed by atoms with Gasteiger partial charge < -0.3 is 10.1 Å².